The molecule has 7 heteroatoms. The number of halogens is 1. The number of benzene rings is 4. The van der Waals surface area contributed by atoms with Crippen LogP contribution in [0, 0.1) is 6.92 Å². The molecule has 0 unspecified atom stereocenters. The van der Waals surface area contributed by atoms with E-state index in [-0.39, 0.29) is 5.75 Å². The molecule has 0 saturated carbocycles. The number of phenolic OH excluding ortho intramolecular Hbond substituents is 1. The van der Waals surface area contributed by atoms with E-state index in [0.29, 0.717) is 21.8 Å². The molecule has 0 spiro atoms. The van der Waals surface area contributed by atoms with Crippen molar-refractivity contribution in [2.75, 3.05) is 0 Å². The second-order valence-electron chi connectivity index (χ2n) is 7.10. The molecule has 4 aromatic rings. The van der Waals surface area contributed by atoms with Crippen molar-refractivity contribution in [2.45, 2.75) is 6.92 Å². The largest absolute Gasteiger partial charge is 0.507 e. The minimum Gasteiger partial charge on any atom is -0.507 e. The van der Waals surface area contributed by atoms with Crippen LogP contribution in [0.2, 0.25) is 5.02 Å². The first-order valence-corrected chi connectivity index (χ1v) is 10.2. The molecule has 0 bridgehead atoms. The summed E-state index contributed by atoms with van der Waals surface area (Å²) < 4.78 is 0. The van der Waals surface area contributed by atoms with Crippen LogP contribution in [0.5, 0.6) is 5.75 Å². The number of azo groups is 1. The lowest BCUT2D eigenvalue weighted by Crippen LogP contribution is -2.17. The maximum absolute atomic E-state index is 12.2. The SMILES string of the molecule is Cc1ccc(C(=O)N/N=C/c2cc(N=Nc3cccc4ccccc34)ccc2O)cc1Cl. The van der Waals surface area contributed by atoms with Crippen molar-refractivity contribution >= 4 is 45.9 Å². The number of aryl methyl sites for hydroxylation is 1. The van der Waals surface area contributed by atoms with Crippen LogP contribution in [0.15, 0.2) is 94.2 Å². The summed E-state index contributed by atoms with van der Waals surface area (Å²) in [5.74, 6) is -0.403. The van der Waals surface area contributed by atoms with E-state index in [9.17, 15) is 9.90 Å². The monoisotopic (exact) mass is 442 g/mol. The third kappa shape index (κ3) is 4.82. The lowest BCUT2D eigenvalue weighted by atomic mass is 10.1. The molecule has 0 aliphatic carbocycles. The first kappa shape index (κ1) is 21.2. The van der Waals surface area contributed by atoms with Crippen molar-refractivity contribution in [3.8, 4) is 5.75 Å². The number of carbonyl (C=O) groups is 1. The van der Waals surface area contributed by atoms with Crippen LogP contribution in [0.3, 0.4) is 0 Å². The predicted octanol–water partition coefficient (Wildman–Crippen LogP) is 6.69. The molecule has 0 radical (unpaired) electrons. The maximum atomic E-state index is 12.2. The molecule has 0 fully saturated rings. The Labute approximate surface area is 189 Å². The molecule has 158 valence electrons. The van der Waals surface area contributed by atoms with Gasteiger partial charge in [0.1, 0.15) is 5.75 Å². The summed E-state index contributed by atoms with van der Waals surface area (Å²) in [7, 11) is 0. The molecular formula is C25H19ClN4O2. The summed E-state index contributed by atoms with van der Waals surface area (Å²) >= 11 is 6.06. The van der Waals surface area contributed by atoms with Crippen LogP contribution in [0.1, 0.15) is 21.5 Å². The number of hydrogen-bond acceptors (Lipinski definition) is 5. The first-order chi connectivity index (χ1) is 15.5. The van der Waals surface area contributed by atoms with Gasteiger partial charge in [-0.15, -0.1) is 5.11 Å². The van der Waals surface area contributed by atoms with Crippen LogP contribution in [0.4, 0.5) is 11.4 Å². The van der Waals surface area contributed by atoms with Gasteiger partial charge in [0.15, 0.2) is 0 Å². The number of nitrogens with zero attached hydrogens (tertiary/aromatic N) is 3. The molecule has 6 nitrogen and oxygen atoms in total. The minimum atomic E-state index is -0.408. The number of nitrogens with one attached hydrogen (secondary N) is 1. The molecule has 0 aliphatic heterocycles. The van der Waals surface area contributed by atoms with Gasteiger partial charge < -0.3 is 5.11 Å². The molecule has 0 heterocycles. The Hall–Kier alpha value is -4.03. The highest BCUT2D eigenvalue weighted by molar-refractivity contribution is 6.31. The highest BCUT2D eigenvalue weighted by Gasteiger charge is 2.07. The van der Waals surface area contributed by atoms with Crippen LogP contribution < -0.4 is 5.43 Å². The van der Waals surface area contributed by atoms with Crippen molar-refractivity contribution in [2.24, 2.45) is 15.3 Å². The van der Waals surface area contributed by atoms with Crippen molar-refractivity contribution in [3.05, 3.63) is 101 Å². The predicted molar refractivity (Wildman–Crippen MR) is 127 cm³/mol. The molecule has 0 aromatic heterocycles. The second kappa shape index (κ2) is 9.41. The van der Waals surface area contributed by atoms with Gasteiger partial charge in [0.2, 0.25) is 0 Å². The second-order valence-corrected chi connectivity index (χ2v) is 7.51. The van der Waals surface area contributed by atoms with Gasteiger partial charge in [-0.05, 0) is 54.3 Å². The van der Waals surface area contributed by atoms with E-state index in [4.69, 9.17) is 11.6 Å². The zero-order valence-corrected chi connectivity index (χ0v) is 17.9. The van der Waals surface area contributed by atoms with E-state index in [1.54, 1.807) is 30.3 Å². The lowest BCUT2D eigenvalue weighted by Gasteiger charge is -2.03. The number of aromatic hydroxyl groups is 1. The number of fused-ring (bicyclic) bond motifs is 1. The standard InChI is InChI=1S/C25H19ClN4O2/c1-16-9-10-18(14-22(16)26)25(32)30-27-15-19-13-20(11-12-24(19)31)28-29-23-8-4-6-17-5-2-3-7-21(17)23/h2-15,31H,1H3,(H,30,32)/b27-15+,29-28?. The van der Waals surface area contributed by atoms with E-state index in [0.717, 1.165) is 22.0 Å². The van der Waals surface area contributed by atoms with Gasteiger partial charge in [-0.3, -0.25) is 4.79 Å². The summed E-state index contributed by atoms with van der Waals surface area (Å²) in [6.45, 7) is 1.86. The Kier molecular flexibility index (Phi) is 6.24. The molecule has 0 atom stereocenters. The van der Waals surface area contributed by atoms with Crippen LogP contribution in [-0.2, 0) is 0 Å². The smallest absolute Gasteiger partial charge is 0.271 e. The Morgan fingerprint density at radius 1 is 0.969 bits per heavy atom. The van der Waals surface area contributed by atoms with E-state index in [1.807, 2.05) is 49.4 Å². The number of hydrogen-bond donors (Lipinski definition) is 2. The van der Waals surface area contributed by atoms with E-state index < -0.39 is 5.91 Å². The van der Waals surface area contributed by atoms with E-state index in [2.05, 4.69) is 20.8 Å². The summed E-state index contributed by atoms with van der Waals surface area (Å²) in [6, 6.07) is 23.5. The Morgan fingerprint density at radius 2 is 1.78 bits per heavy atom. The van der Waals surface area contributed by atoms with Gasteiger partial charge in [0.25, 0.3) is 5.91 Å². The van der Waals surface area contributed by atoms with Gasteiger partial charge in [0, 0.05) is 21.5 Å². The van der Waals surface area contributed by atoms with Gasteiger partial charge in [-0.1, -0.05) is 54.1 Å². The topological polar surface area (TPSA) is 86.4 Å². The van der Waals surface area contributed by atoms with Gasteiger partial charge in [-0.2, -0.15) is 10.2 Å². The number of phenols is 1. The maximum Gasteiger partial charge on any atom is 0.271 e. The quantitative estimate of drug-likeness (QED) is 0.205. The fraction of sp³-hybridized carbons (Fsp3) is 0.0400. The summed E-state index contributed by atoms with van der Waals surface area (Å²) in [6.07, 6.45) is 1.35. The van der Waals surface area contributed by atoms with Crippen LogP contribution >= 0.6 is 11.6 Å². The fourth-order valence-electron chi connectivity index (χ4n) is 3.07. The summed E-state index contributed by atoms with van der Waals surface area (Å²) in [4.78, 5) is 12.2. The average molecular weight is 443 g/mol. The Balaban J connectivity index is 1.50. The number of amides is 1. The van der Waals surface area contributed by atoms with E-state index in [1.165, 1.54) is 12.3 Å². The zero-order chi connectivity index (χ0) is 22.5. The first-order valence-electron chi connectivity index (χ1n) is 9.83. The molecule has 4 rings (SSSR count). The van der Waals surface area contributed by atoms with E-state index >= 15 is 0 Å². The van der Waals surface area contributed by atoms with Crippen LogP contribution in [0.25, 0.3) is 10.8 Å². The number of rotatable bonds is 5. The fourth-order valence-corrected chi connectivity index (χ4v) is 3.25. The molecule has 4 aromatic carbocycles. The Bertz CT molecular complexity index is 1360. The Morgan fingerprint density at radius 3 is 2.62 bits per heavy atom. The van der Waals surface area contributed by atoms with Crippen molar-refractivity contribution < 1.29 is 9.90 Å². The highest BCUT2D eigenvalue weighted by Crippen LogP contribution is 2.28. The third-order valence-electron chi connectivity index (χ3n) is 4.85. The molecule has 32 heavy (non-hydrogen) atoms. The van der Waals surface area contributed by atoms with Crippen molar-refractivity contribution in [3.63, 3.8) is 0 Å². The van der Waals surface area contributed by atoms with Gasteiger partial charge in [-0.25, -0.2) is 5.43 Å². The molecule has 2 N–H and O–H groups in total. The van der Waals surface area contributed by atoms with Crippen molar-refractivity contribution in [1.82, 2.24) is 5.43 Å². The third-order valence-corrected chi connectivity index (χ3v) is 5.26. The number of hydrazone groups is 1. The summed E-state index contributed by atoms with van der Waals surface area (Å²) in [5.41, 5.74) is 5.37. The summed E-state index contributed by atoms with van der Waals surface area (Å²) in [5, 5.41) is 25.3. The molecule has 1 amide bonds. The highest BCUT2D eigenvalue weighted by atomic mass is 35.5. The van der Waals surface area contributed by atoms with Crippen LogP contribution in [-0.4, -0.2) is 17.2 Å². The molecule has 0 saturated heterocycles. The molecule has 0 aliphatic rings. The molecular weight excluding hydrogens is 424 g/mol. The van der Waals surface area contributed by atoms with Gasteiger partial charge >= 0.3 is 0 Å². The lowest BCUT2D eigenvalue weighted by molar-refractivity contribution is 0.0955. The normalized spacial score (nSPS) is 11.4. The average Bonchev–Trinajstić information content (AvgIpc) is 2.81. The van der Waals surface area contributed by atoms with Gasteiger partial charge in [0.05, 0.1) is 17.6 Å². The number of carbonyl (C=O) groups excluding carboxylic acids is 1. The zero-order valence-electron chi connectivity index (χ0n) is 17.2. The minimum absolute atomic E-state index is 0.00508. The van der Waals surface area contributed by atoms with Crippen molar-refractivity contribution in [1.29, 1.82) is 0 Å².